The normalized spacial score (nSPS) is 14.4. The molecule has 0 unspecified atom stereocenters. The Morgan fingerprint density at radius 3 is 2.64 bits per heavy atom. The topological polar surface area (TPSA) is 48.7 Å². The Morgan fingerprint density at radius 2 is 1.88 bits per heavy atom. The zero-order valence-corrected chi connectivity index (χ0v) is 13.7. The summed E-state index contributed by atoms with van der Waals surface area (Å²) in [6.07, 6.45) is 1.61. The summed E-state index contributed by atoms with van der Waals surface area (Å²) in [5, 5.41) is 0. The van der Waals surface area contributed by atoms with Crippen molar-refractivity contribution in [3.8, 4) is 11.5 Å². The van der Waals surface area contributed by atoms with Crippen LogP contribution in [0.3, 0.4) is 0 Å². The molecule has 0 aliphatic carbocycles. The first-order chi connectivity index (χ1) is 12.2. The first-order valence-corrected chi connectivity index (χ1v) is 8.00. The van der Waals surface area contributed by atoms with Crippen LogP contribution in [0.1, 0.15) is 27.4 Å². The molecule has 25 heavy (non-hydrogen) atoms. The Bertz CT molecular complexity index is 951. The highest BCUT2D eigenvalue weighted by atomic mass is 16.5. The highest BCUT2D eigenvalue weighted by molar-refractivity contribution is 6.14. The van der Waals surface area contributed by atoms with Crippen molar-refractivity contribution in [2.75, 3.05) is 0 Å². The van der Waals surface area contributed by atoms with Gasteiger partial charge >= 0.3 is 0 Å². The van der Waals surface area contributed by atoms with Gasteiger partial charge in [0.25, 0.3) is 0 Å². The molecule has 4 heteroatoms. The highest BCUT2D eigenvalue weighted by Gasteiger charge is 2.28. The van der Waals surface area contributed by atoms with Crippen LogP contribution in [-0.2, 0) is 6.61 Å². The number of benzene rings is 2. The maximum Gasteiger partial charge on any atom is 0.232 e. The van der Waals surface area contributed by atoms with E-state index in [-0.39, 0.29) is 11.5 Å². The van der Waals surface area contributed by atoms with Gasteiger partial charge < -0.3 is 13.9 Å². The van der Waals surface area contributed by atoms with Crippen molar-refractivity contribution in [1.29, 1.82) is 0 Å². The number of carbonyl (C=O) groups is 1. The Hall–Kier alpha value is -3.27. The van der Waals surface area contributed by atoms with Gasteiger partial charge in [-0.05, 0) is 36.8 Å². The van der Waals surface area contributed by atoms with Crippen LogP contribution >= 0.6 is 0 Å². The Labute approximate surface area is 145 Å². The summed E-state index contributed by atoms with van der Waals surface area (Å²) in [4.78, 5) is 12.4. The zero-order chi connectivity index (χ0) is 17.2. The Kier molecular flexibility index (Phi) is 3.86. The van der Waals surface area contributed by atoms with Crippen LogP contribution in [0.4, 0.5) is 0 Å². The predicted octanol–water partition coefficient (Wildman–Crippen LogP) is 4.78. The van der Waals surface area contributed by atoms with Gasteiger partial charge in [0.05, 0.1) is 5.56 Å². The van der Waals surface area contributed by atoms with Crippen molar-refractivity contribution < 1.29 is 18.7 Å². The van der Waals surface area contributed by atoms with E-state index in [4.69, 9.17) is 13.9 Å². The minimum absolute atomic E-state index is 0.154. The van der Waals surface area contributed by atoms with Crippen molar-refractivity contribution in [2.24, 2.45) is 0 Å². The van der Waals surface area contributed by atoms with Crippen molar-refractivity contribution in [2.45, 2.75) is 13.5 Å². The van der Waals surface area contributed by atoms with Gasteiger partial charge in [-0.2, -0.15) is 0 Å². The summed E-state index contributed by atoms with van der Waals surface area (Å²) in [6, 6.07) is 18.8. The molecule has 4 rings (SSSR count). The minimum Gasteiger partial charge on any atom is -0.489 e. The molecule has 2 heterocycles. The lowest BCUT2D eigenvalue weighted by Gasteiger charge is -2.07. The molecule has 4 nitrogen and oxygen atoms in total. The number of hydrogen-bond donors (Lipinski definition) is 0. The maximum atomic E-state index is 12.4. The van der Waals surface area contributed by atoms with Crippen LogP contribution < -0.4 is 9.47 Å². The largest absolute Gasteiger partial charge is 0.489 e. The summed E-state index contributed by atoms with van der Waals surface area (Å²) in [5.74, 6) is 2.64. The molecule has 1 aliphatic heterocycles. The number of fused-ring (bicyclic) bond motifs is 1. The third-order valence-electron chi connectivity index (χ3n) is 3.92. The molecule has 0 fully saturated rings. The molecule has 124 valence electrons. The van der Waals surface area contributed by atoms with Gasteiger partial charge in [0, 0.05) is 12.1 Å². The number of rotatable bonds is 4. The van der Waals surface area contributed by atoms with E-state index < -0.39 is 0 Å². The Morgan fingerprint density at radius 1 is 1.04 bits per heavy atom. The number of ether oxygens (including phenoxy) is 2. The molecule has 0 N–H and O–H groups in total. The van der Waals surface area contributed by atoms with E-state index in [1.54, 1.807) is 30.3 Å². The first-order valence-electron chi connectivity index (χ1n) is 8.00. The van der Waals surface area contributed by atoms with Gasteiger partial charge in [-0.25, -0.2) is 0 Å². The van der Waals surface area contributed by atoms with Gasteiger partial charge in [0.1, 0.15) is 29.6 Å². The summed E-state index contributed by atoms with van der Waals surface area (Å²) in [5.41, 5.74) is 1.61. The molecule has 0 saturated carbocycles. The number of furan rings is 1. The SMILES string of the molecule is Cc1ccc(/C=C2/Oc3cc(OCc4ccccc4)ccc3C2=O)o1. The van der Waals surface area contributed by atoms with E-state index in [0.717, 1.165) is 11.3 Å². The van der Waals surface area contributed by atoms with E-state index in [0.29, 0.717) is 29.4 Å². The van der Waals surface area contributed by atoms with Crippen LogP contribution in [0.15, 0.2) is 70.8 Å². The predicted molar refractivity (Wildman–Crippen MR) is 93.6 cm³/mol. The first kappa shape index (κ1) is 15.3. The van der Waals surface area contributed by atoms with Crippen molar-refractivity contribution in [3.63, 3.8) is 0 Å². The average Bonchev–Trinajstić information content (AvgIpc) is 3.17. The van der Waals surface area contributed by atoms with Crippen molar-refractivity contribution in [3.05, 3.63) is 89.1 Å². The second-order valence-electron chi connectivity index (χ2n) is 5.82. The fourth-order valence-corrected chi connectivity index (χ4v) is 2.66. The number of hydrogen-bond acceptors (Lipinski definition) is 4. The second kappa shape index (κ2) is 6.32. The van der Waals surface area contributed by atoms with Crippen molar-refractivity contribution in [1.82, 2.24) is 0 Å². The van der Waals surface area contributed by atoms with Crippen LogP contribution in [0, 0.1) is 6.92 Å². The van der Waals surface area contributed by atoms with Gasteiger partial charge in [0.15, 0.2) is 5.76 Å². The summed E-state index contributed by atoms with van der Waals surface area (Å²) in [6.45, 7) is 2.31. The molecule has 0 saturated heterocycles. The van der Waals surface area contributed by atoms with Gasteiger partial charge in [0.2, 0.25) is 5.78 Å². The third kappa shape index (κ3) is 3.19. The lowest BCUT2D eigenvalue weighted by atomic mass is 10.1. The van der Waals surface area contributed by atoms with E-state index in [1.807, 2.05) is 43.3 Å². The van der Waals surface area contributed by atoms with Gasteiger partial charge in [-0.15, -0.1) is 0 Å². The molecule has 2 aromatic carbocycles. The highest BCUT2D eigenvalue weighted by Crippen LogP contribution is 2.35. The molecule has 0 spiro atoms. The summed E-state index contributed by atoms with van der Waals surface area (Å²) in [7, 11) is 0. The molecule has 0 atom stereocenters. The molecule has 0 amide bonds. The van der Waals surface area contributed by atoms with Crippen LogP contribution in [0.25, 0.3) is 6.08 Å². The number of aryl methyl sites for hydroxylation is 1. The average molecular weight is 332 g/mol. The van der Waals surface area contributed by atoms with Crippen LogP contribution in [-0.4, -0.2) is 5.78 Å². The van der Waals surface area contributed by atoms with Gasteiger partial charge in [-0.3, -0.25) is 4.79 Å². The van der Waals surface area contributed by atoms with Crippen molar-refractivity contribution >= 4 is 11.9 Å². The molecular weight excluding hydrogens is 316 g/mol. The molecule has 1 aromatic heterocycles. The second-order valence-corrected chi connectivity index (χ2v) is 5.82. The van der Waals surface area contributed by atoms with Gasteiger partial charge in [-0.1, -0.05) is 30.3 Å². The summed E-state index contributed by atoms with van der Waals surface area (Å²) < 4.78 is 16.9. The number of Topliss-reactive ketones (excluding diaryl/α,β-unsaturated/α-hetero) is 1. The van der Waals surface area contributed by atoms with Crippen LogP contribution in [0.5, 0.6) is 11.5 Å². The fourth-order valence-electron chi connectivity index (χ4n) is 2.66. The molecule has 1 aliphatic rings. The minimum atomic E-state index is -0.154. The molecule has 0 bridgehead atoms. The smallest absolute Gasteiger partial charge is 0.232 e. The van der Waals surface area contributed by atoms with E-state index >= 15 is 0 Å². The monoisotopic (exact) mass is 332 g/mol. The lowest BCUT2D eigenvalue weighted by Crippen LogP contribution is -1.97. The summed E-state index contributed by atoms with van der Waals surface area (Å²) >= 11 is 0. The lowest BCUT2D eigenvalue weighted by molar-refractivity contribution is 0.101. The van der Waals surface area contributed by atoms with Crippen LogP contribution in [0.2, 0.25) is 0 Å². The number of carbonyl (C=O) groups excluding carboxylic acids is 1. The third-order valence-corrected chi connectivity index (χ3v) is 3.92. The Balaban J connectivity index is 1.52. The fraction of sp³-hybridized carbons (Fsp3) is 0.0952. The number of allylic oxidation sites excluding steroid dienone is 1. The maximum absolute atomic E-state index is 12.4. The number of ketones is 1. The standard InChI is InChI=1S/C21H16O4/c1-14-7-8-17(24-14)12-20-21(22)18-10-9-16(11-19(18)25-20)23-13-15-5-3-2-4-6-15/h2-12H,13H2,1H3/b20-12+. The molecule has 0 radical (unpaired) electrons. The quantitative estimate of drug-likeness (QED) is 0.645. The molecular formula is C21H16O4. The molecule has 3 aromatic rings. The van der Waals surface area contributed by atoms with E-state index in [1.165, 1.54) is 0 Å². The van der Waals surface area contributed by atoms with E-state index in [2.05, 4.69) is 0 Å². The zero-order valence-electron chi connectivity index (χ0n) is 13.7. The van der Waals surface area contributed by atoms with E-state index in [9.17, 15) is 4.79 Å².